The maximum Gasteiger partial charge on any atom is 0.308 e. The van der Waals surface area contributed by atoms with E-state index in [4.69, 9.17) is 4.74 Å². The van der Waals surface area contributed by atoms with Gasteiger partial charge in [0, 0.05) is 36.2 Å². The predicted molar refractivity (Wildman–Crippen MR) is 87.8 cm³/mol. The van der Waals surface area contributed by atoms with Gasteiger partial charge in [-0.1, -0.05) is 6.92 Å². The Morgan fingerprint density at radius 1 is 1.36 bits per heavy atom. The van der Waals surface area contributed by atoms with Gasteiger partial charge in [-0.25, -0.2) is 0 Å². The number of fused-ring (bicyclic) bond motifs is 2. The zero-order valence-corrected chi connectivity index (χ0v) is 13.8. The molecule has 0 spiro atoms. The highest BCUT2D eigenvalue weighted by Gasteiger charge is 2.22. The van der Waals surface area contributed by atoms with Crippen LogP contribution in [0.3, 0.4) is 0 Å². The summed E-state index contributed by atoms with van der Waals surface area (Å²) in [6.45, 7) is 9.11. The fraction of sp³-hybridized carbons (Fsp3) is 0.500. The van der Waals surface area contributed by atoms with Gasteiger partial charge in [0.05, 0.1) is 13.0 Å². The van der Waals surface area contributed by atoms with Crippen molar-refractivity contribution >= 4 is 16.9 Å². The first kappa shape index (κ1) is 15.1. The molecule has 1 aliphatic heterocycles. The Kier molecular flexibility index (Phi) is 3.96. The van der Waals surface area contributed by atoms with Gasteiger partial charge in [0.2, 0.25) is 0 Å². The third-order valence-corrected chi connectivity index (χ3v) is 4.84. The van der Waals surface area contributed by atoms with Crippen molar-refractivity contribution in [3.05, 3.63) is 34.5 Å². The first-order valence-corrected chi connectivity index (χ1v) is 7.98. The Labute approximate surface area is 131 Å². The normalized spacial score (nSPS) is 15.1. The van der Waals surface area contributed by atoms with Gasteiger partial charge in [0.25, 0.3) is 0 Å². The number of esters is 1. The molecule has 0 radical (unpaired) electrons. The molecule has 2 aromatic rings. The van der Waals surface area contributed by atoms with Gasteiger partial charge >= 0.3 is 5.97 Å². The highest BCUT2D eigenvalue weighted by atomic mass is 16.5. The van der Waals surface area contributed by atoms with Gasteiger partial charge in [-0.2, -0.15) is 0 Å². The highest BCUT2D eigenvalue weighted by molar-refractivity contribution is 5.88. The van der Waals surface area contributed by atoms with Crippen molar-refractivity contribution in [1.82, 2.24) is 9.88 Å². The lowest BCUT2D eigenvalue weighted by Gasteiger charge is -2.10. The zero-order valence-electron chi connectivity index (χ0n) is 13.8. The summed E-state index contributed by atoms with van der Waals surface area (Å²) in [6.07, 6.45) is 0.730. The minimum Gasteiger partial charge on any atom is -0.469 e. The van der Waals surface area contributed by atoms with E-state index in [0.717, 1.165) is 26.1 Å². The van der Waals surface area contributed by atoms with E-state index >= 15 is 0 Å². The van der Waals surface area contributed by atoms with Crippen LogP contribution in [0.4, 0.5) is 0 Å². The first-order chi connectivity index (χ1) is 10.6. The first-order valence-electron chi connectivity index (χ1n) is 7.98. The molecule has 4 heteroatoms. The number of carbonyl (C=O) groups excluding carboxylic acids is 1. The summed E-state index contributed by atoms with van der Waals surface area (Å²) in [5.41, 5.74) is 6.61. The topological polar surface area (TPSA) is 43.3 Å². The summed E-state index contributed by atoms with van der Waals surface area (Å²) >= 11 is 0. The lowest BCUT2D eigenvalue weighted by atomic mass is 9.97. The number of hydrogen-bond donors (Lipinski definition) is 1. The van der Waals surface area contributed by atoms with Crippen LogP contribution in [-0.2, 0) is 35.6 Å². The van der Waals surface area contributed by atoms with Crippen molar-refractivity contribution in [1.29, 1.82) is 0 Å². The van der Waals surface area contributed by atoms with Gasteiger partial charge in [0.15, 0.2) is 0 Å². The van der Waals surface area contributed by atoms with Crippen molar-refractivity contribution in [3.63, 3.8) is 0 Å². The number of ether oxygens (including phenoxy) is 1. The minimum atomic E-state index is -0.139. The lowest BCUT2D eigenvalue weighted by molar-refractivity contribution is -0.144. The van der Waals surface area contributed by atoms with Gasteiger partial charge in [-0.05, 0) is 49.1 Å². The van der Waals surface area contributed by atoms with E-state index in [2.05, 4.69) is 35.9 Å². The number of carbonyl (C=O) groups is 1. The summed E-state index contributed by atoms with van der Waals surface area (Å²) < 4.78 is 7.24. The summed E-state index contributed by atoms with van der Waals surface area (Å²) in [5.74, 6) is -0.259. The number of rotatable bonds is 4. The summed E-state index contributed by atoms with van der Waals surface area (Å²) in [4.78, 5) is 11.8. The van der Waals surface area contributed by atoms with Crippen molar-refractivity contribution in [2.45, 2.75) is 46.8 Å². The molecular weight excluding hydrogens is 276 g/mol. The lowest BCUT2D eigenvalue weighted by Crippen LogP contribution is -2.15. The largest absolute Gasteiger partial charge is 0.469 e. The van der Waals surface area contributed by atoms with Crippen LogP contribution >= 0.6 is 0 Å². The van der Waals surface area contributed by atoms with Crippen LogP contribution in [0.2, 0.25) is 0 Å². The second-order valence-corrected chi connectivity index (χ2v) is 6.18. The highest BCUT2D eigenvalue weighted by Crippen LogP contribution is 2.32. The van der Waals surface area contributed by atoms with E-state index in [1.807, 2.05) is 6.92 Å². The van der Waals surface area contributed by atoms with Crippen LogP contribution in [0.15, 0.2) is 12.1 Å². The predicted octanol–water partition coefficient (Wildman–Crippen LogP) is 2.92. The van der Waals surface area contributed by atoms with E-state index in [0.29, 0.717) is 0 Å². The fourth-order valence-corrected chi connectivity index (χ4v) is 3.60. The van der Waals surface area contributed by atoms with E-state index in [-0.39, 0.29) is 11.9 Å². The number of nitrogens with one attached hydrogen (secondary N) is 1. The molecule has 0 amide bonds. The van der Waals surface area contributed by atoms with Crippen LogP contribution in [0, 0.1) is 12.8 Å². The molecule has 3 rings (SSSR count). The number of hydrogen-bond acceptors (Lipinski definition) is 3. The molecular formula is C18H24N2O2. The number of benzene rings is 1. The van der Waals surface area contributed by atoms with Gasteiger partial charge < -0.3 is 14.6 Å². The molecule has 118 valence electrons. The molecule has 0 saturated carbocycles. The summed E-state index contributed by atoms with van der Waals surface area (Å²) in [5, 5.41) is 4.70. The Bertz CT molecular complexity index is 730. The number of aromatic nitrogens is 1. The van der Waals surface area contributed by atoms with E-state index in [9.17, 15) is 4.79 Å². The number of methoxy groups -OCH3 is 1. The molecule has 1 aromatic heterocycles. The van der Waals surface area contributed by atoms with Crippen LogP contribution in [0.25, 0.3) is 10.9 Å². The van der Waals surface area contributed by atoms with Crippen molar-refractivity contribution in [3.8, 4) is 0 Å². The number of aryl methyl sites for hydroxylation is 1. The maximum absolute atomic E-state index is 11.8. The van der Waals surface area contributed by atoms with Crippen LogP contribution in [0.5, 0.6) is 0 Å². The Hall–Kier alpha value is -1.81. The quantitative estimate of drug-likeness (QED) is 0.883. The molecule has 22 heavy (non-hydrogen) atoms. The molecule has 0 fully saturated rings. The van der Waals surface area contributed by atoms with Gasteiger partial charge in [-0.3, -0.25) is 4.79 Å². The van der Waals surface area contributed by atoms with Gasteiger partial charge in [0.1, 0.15) is 0 Å². The maximum atomic E-state index is 11.8. The van der Waals surface area contributed by atoms with Crippen LogP contribution in [-0.4, -0.2) is 17.6 Å². The smallest absolute Gasteiger partial charge is 0.308 e. The standard InChI is InChI=1S/C18H24N2O2/c1-5-20-12(3)15(6-11(2)18(21)22-4)16-7-13-9-19-10-14(13)8-17(16)20/h7-8,11,19H,5-6,9-10H2,1-4H3. The van der Waals surface area contributed by atoms with Crippen molar-refractivity contribution in [2.24, 2.45) is 5.92 Å². The molecule has 4 nitrogen and oxygen atoms in total. The zero-order chi connectivity index (χ0) is 15.9. The Morgan fingerprint density at radius 2 is 2.05 bits per heavy atom. The third-order valence-electron chi connectivity index (χ3n) is 4.84. The summed E-state index contributed by atoms with van der Waals surface area (Å²) in [7, 11) is 1.46. The summed E-state index contributed by atoms with van der Waals surface area (Å²) in [6, 6.07) is 4.62. The van der Waals surface area contributed by atoms with Crippen LogP contribution < -0.4 is 5.32 Å². The molecule has 1 unspecified atom stereocenters. The number of nitrogens with zero attached hydrogens (tertiary/aromatic N) is 1. The third kappa shape index (κ3) is 2.31. The molecule has 1 aliphatic rings. The van der Waals surface area contributed by atoms with E-state index in [1.54, 1.807) is 0 Å². The second kappa shape index (κ2) is 5.76. The average molecular weight is 300 g/mol. The molecule has 0 saturated heterocycles. The monoisotopic (exact) mass is 300 g/mol. The van der Waals surface area contributed by atoms with Gasteiger partial charge in [-0.15, -0.1) is 0 Å². The van der Waals surface area contributed by atoms with E-state index in [1.165, 1.54) is 40.4 Å². The van der Waals surface area contributed by atoms with E-state index < -0.39 is 0 Å². The SMILES string of the molecule is CCn1c(C)c(CC(C)C(=O)OC)c2cc3c(cc21)CNC3. The molecule has 2 heterocycles. The molecule has 1 atom stereocenters. The molecule has 0 aliphatic carbocycles. The minimum absolute atomic E-state index is 0.119. The fourth-order valence-electron chi connectivity index (χ4n) is 3.60. The Balaban J connectivity index is 2.12. The Morgan fingerprint density at radius 3 is 2.68 bits per heavy atom. The van der Waals surface area contributed by atoms with Crippen molar-refractivity contribution in [2.75, 3.05) is 7.11 Å². The molecule has 1 N–H and O–H groups in total. The average Bonchev–Trinajstić information content (AvgIpc) is 3.07. The molecule has 1 aromatic carbocycles. The van der Waals surface area contributed by atoms with Crippen molar-refractivity contribution < 1.29 is 9.53 Å². The van der Waals surface area contributed by atoms with Crippen LogP contribution in [0.1, 0.15) is 36.2 Å². The second-order valence-electron chi connectivity index (χ2n) is 6.18. The molecule has 0 bridgehead atoms.